The maximum atomic E-state index is 12.0. The number of hydrogen-bond donors (Lipinski definition) is 1. The Morgan fingerprint density at radius 1 is 1.29 bits per heavy atom. The summed E-state index contributed by atoms with van der Waals surface area (Å²) in [7, 11) is -3.35. The van der Waals surface area contributed by atoms with Crippen LogP contribution < -0.4 is 9.62 Å². The number of nitrogens with zero attached hydrogens (tertiary/aromatic N) is 1. The second-order valence-electron chi connectivity index (χ2n) is 5.08. The monoisotopic (exact) mass is 312 g/mol. The van der Waals surface area contributed by atoms with E-state index in [-0.39, 0.29) is 5.91 Å². The first-order chi connectivity index (χ1) is 9.86. The van der Waals surface area contributed by atoms with Gasteiger partial charge in [0.25, 0.3) is 0 Å². The average molecular weight is 312 g/mol. The molecule has 0 saturated heterocycles. The zero-order valence-electron chi connectivity index (χ0n) is 12.9. The molecule has 1 N–H and O–H groups in total. The van der Waals surface area contributed by atoms with Gasteiger partial charge in [0.2, 0.25) is 15.9 Å². The van der Waals surface area contributed by atoms with Crippen molar-refractivity contribution in [3.63, 3.8) is 0 Å². The van der Waals surface area contributed by atoms with Crippen LogP contribution in [-0.4, -0.2) is 33.7 Å². The minimum absolute atomic E-state index is 0.0323. The maximum Gasteiger partial charge on any atom is 0.232 e. The van der Waals surface area contributed by atoms with Gasteiger partial charge in [0.15, 0.2) is 0 Å². The number of amides is 1. The van der Waals surface area contributed by atoms with Gasteiger partial charge in [0.1, 0.15) is 0 Å². The molecule has 0 aliphatic carbocycles. The van der Waals surface area contributed by atoms with Crippen LogP contribution in [-0.2, 0) is 14.8 Å². The fourth-order valence-electron chi connectivity index (χ4n) is 2.04. The van der Waals surface area contributed by atoms with Gasteiger partial charge in [-0.1, -0.05) is 25.1 Å². The lowest BCUT2D eigenvalue weighted by Crippen LogP contribution is -2.32. The zero-order valence-corrected chi connectivity index (χ0v) is 13.7. The number of aryl methyl sites for hydroxylation is 1. The van der Waals surface area contributed by atoms with Crippen LogP contribution in [0.1, 0.15) is 31.7 Å². The highest BCUT2D eigenvalue weighted by atomic mass is 32.2. The van der Waals surface area contributed by atoms with Crippen molar-refractivity contribution in [2.45, 2.75) is 33.1 Å². The molecule has 1 aromatic carbocycles. The summed E-state index contributed by atoms with van der Waals surface area (Å²) in [4.78, 5) is 11.6. The molecule has 1 aromatic rings. The van der Waals surface area contributed by atoms with Gasteiger partial charge < -0.3 is 5.32 Å². The van der Waals surface area contributed by atoms with Crippen LogP contribution in [0, 0.1) is 6.92 Å². The second kappa shape index (κ2) is 8.02. The Morgan fingerprint density at radius 2 is 1.95 bits per heavy atom. The lowest BCUT2D eigenvalue weighted by molar-refractivity contribution is -0.121. The first-order valence-corrected chi connectivity index (χ1v) is 9.01. The highest BCUT2D eigenvalue weighted by molar-refractivity contribution is 7.92. The summed E-state index contributed by atoms with van der Waals surface area (Å²) in [6.07, 6.45) is 2.91. The standard InChI is InChI=1S/C15H24N2O3S/c1-4-11-16-15(18)10-7-12-17(21(3,19)20)14-9-6-5-8-13(14)2/h5-6,8-9H,4,7,10-12H2,1-3H3,(H,16,18). The molecule has 0 unspecified atom stereocenters. The van der Waals surface area contributed by atoms with Crippen molar-refractivity contribution >= 4 is 21.6 Å². The van der Waals surface area contributed by atoms with Gasteiger partial charge in [-0.05, 0) is 31.4 Å². The predicted octanol–water partition coefficient (Wildman–Crippen LogP) is 2.07. The van der Waals surface area contributed by atoms with E-state index in [1.807, 2.05) is 32.0 Å². The molecule has 0 fully saturated rings. The van der Waals surface area contributed by atoms with Gasteiger partial charge in [0, 0.05) is 19.5 Å². The number of hydrogen-bond acceptors (Lipinski definition) is 3. The lowest BCUT2D eigenvalue weighted by atomic mass is 10.2. The van der Waals surface area contributed by atoms with Crippen LogP contribution in [0.5, 0.6) is 0 Å². The smallest absolute Gasteiger partial charge is 0.232 e. The van der Waals surface area contributed by atoms with Crippen LogP contribution in [0.4, 0.5) is 5.69 Å². The Balaban J connectivity index is 2.70. The Morgan fingerprint density at radius 3 is 2.52 bits per heavy atom. The molecular weight excluding hydrogens is 288 g/mol. The van der Waals surface area contributed by atoms with E-state index >= 15 is 0 Å². The van der Waals surface area contributed by atoms with Crippen LogP contribution in [0.2, 0.25) is 0 Å². The molecule has 6 heteroatoms. The van der Waals surface area contributed by atoms with E-state index in [4.69, 9.17) is 0 Å². The SMILES string of the molecule is CCCNC(=O)CCCN(c1ccccc1C)S(C)(=O)=O. The van der Waals surface area contributed by atoms with E-state index in [2.05, 4.69) is 5.32 Å². The van der Waals surface area contributed by atoms with E-state index in [1.54, 1.807) is 6.07 Å². The van der Waals surface area contributed by atoms with Crippen molar-refractivity contribution in [3.8, 4) is 0 Å². The molecule has 1 rings (SSSR count). The highest BCUT2D eigenvalue weighted by Gasteiger charge is 2.18. The minimum atomic E-state index is -3.35. The number of carbonyl (C=O) groups is 1. The molecule has 0 saturated carbocycles. The van der Waals surface area contributed by atoms with Crippen molar-refractivity contribution in [1.82, 2.24) is 5.32 Å². The van der Waals surface area contributed by atoms with Crippen molar-refractivity contribution in [1.29, 1.82) is 0 Å². The summed E-state index contributed by atoms with van der Waals surface area (Å²) in [6.45, 7) is 4.83. The fraction of sp³-hybridized carbons (Fsp3) is 0.533. The molecule has 118 valence electrons. The van der Waals surface area contributed by atoms with Crippen molar-refractivity contribution in [2.75, 3.05) is 23.7 Å². The van der Waals surface area contributed by atoms with Gasteiger partial charge in [-0.3, -0.25) is 9.10 Å². The average Bonchev–Trinajstić information content (AvgIpc) is 2.41. The van der Waals surface area contributed by atoms with Crippen LogP contribution in [0.25, 0.3) is 0 Å². The molecule has 0 radical (unpaired) electrons. The zero-order chi connectivity index (χ0) is 15.9. The molecule has 0 heterocycles. The molecule has 0 spiro atoms. The highest BCUT2D eigenvalue weighted by Crippen LogP contribution is 2.22. The minimum Gasteiger partial charge on any atom is -0.356 e. The van der Waals surface area contributed by atoms with Gasteiger partial charge in [0.05, 0.1) is 11.9 Å². The number of anilines is 1. The van der Waals surface area contributed by atoms with Gasteiger partial charge in [-0.25, -0.2) is 8.42 Å². The normalized spacial score (nSPS) is 11.2. The molecule has 0 atom stereocenters. The van der Waals surface area contributed by atoms with Crippen LogP contribution >= 0.6 is 0 Å². The maximum absolute atomic E-state index is 12.0. The van der Waals surface area contributed by atoms with Crippen molar-refractivity contribution in [3.05, 3.63) is 29.8 Å². The molecule has 21 heavy (non-hydrogen) atoms. The third-order valence-electron chi connectivity index (χ3n) is 3.12. The number of rotatable bonds is 8. The Kier molecular flexibility index (Phi) is 6.68. The molecule has 5 nitrogen and oxygen atoms in total. The van der Waals surface area contributed by atoms with Crippen LogP contribution in [0.15, 0.2) is 24.3 Å². The van der Waals surface area contributed by atoms with E-state index in [1.165, 1.54) is 10.6 Å². The Hall–Kier alpha value is -1.56. The van der Waals surface area contributed by atoms with Gasteiger partial charge >= 0.3 is 0 Å². The molecule has 0 aromatic heterocycles. The summed E-state index contributed by atoms with van der Waals surface area (Å²) in [5.41, 5.74) is 1.58. The Labute approximate surface area is 127 Å². The van der Waals surface area contributed by atoms with E-state index < -0.39 is 10.0 Å². The molecule has 0 aliphatic rings. The topological polar surface area (TPSA) is 66.5 Å². The first-order valence-electron chi connectivity index (χ1n) is 7.16. The van der Waals surface area contributed by atoms with Gasteiger partial charge in [-0.15, -0.1) is 0 Å². The molecule has 0 aliphatic heterocycles. The Bertz CT molecular complexity index is 570. The van der Waals surface area contributed by atoms with E-state index in [9.17, 15) is 13.2 Å². The summed E-state index contributed by atoms with van der Waals surface area (Å²) in [5, 5.41) is 2.79. The number of carbonyl (C=O) groups excluding carboxylic acids is 1. The summed E-state index contributed by atoms with van der Waals surface area (Å²) >= 11 is 0. The fourth-order valence-corrected chi connectivity index (χ4v) is 3.07. The number of para-hydroxylation sites is 1. The van der Waals surface area contributed by atoms with Crippen LogP contribution in [0.3, 0.4) is 0 Å². The molecule has 1 amide bonds. The summed E-state index contributed by atoms with van der Waals surface area (Å²) in [6, 6.07) is 7.35. The largest absolute Gasteiger partial charge is 0.356 e. The third kappa shape index (κ3) is 5.75. The number of nitrogens with one attached hydrogen (secondary N) is 1. The van der Waals surface area contributed by atoms with Crippen molar-refractivity contribution in [2.24, 2.45) is 0 Å². The molecule has 0 bridgehead atoms. The predicted molar refractivity (Wildman–Crippen MR) is 85.9 cm³/mol. The van der Waals surface area contributed by atoms with Gasteiger partial charge in [-0.2, -0.15) is 0 Å². The number of sulfonamides is 1. The second-order valence-corrected chi connectivity index (χ2v) is 6.98. The van der Waals surface area contributed by atoms with E-state index in [0.717, 1.165) is 12.0 Å². The molecular formula is C15H24N2O3S. The van der Waals surface area contributed by atoms with E-state index in [0.29, 0.717) is 31.6 Å². The third-order valence-corrected chi connectivity index (χ3v) is 4.30. The lowest BCUT2D eigenvalue weighted by Gasteiger charge is -2.24. The van der Waals surface area contributed by atoms with Crippen molar-refractivity contribution < 1.29 is 13.2 Å². The summed E-state index contributed by atoms with van der Waals surface area (Å²) in [5.74, 6) is -0.0323. The first kappa shape index (κ1) is 17.5. The quantitative estimate of drug-likeness (QED) is 0.799. The number of benzene rings is 1. The summed E-state index contributed by atoms with van der Waals surface area (Å²) < 4.78 is 25.3.